The van der Waals surface area contributed by atoms with E-state index in [-0.39, 0.29) is 16.9 Å². The molecular formula is C12H18N4O3. The number of hydrogen-bond acceptors (Lipinski definition) is 5. The Hall–Kier alpha value is -2.15. The van der Waals surface area contributed by atoms with E-state index in [0.29, 0.717) is 13.1 Å². The molecule has 0 radical (unpaired) electrons. The molecule has 0 fully saturated rings. The van der Waals surface area contributed by atoms with Crippen molar-refractivity contribution >= 4 is 17.3 Å². The van der Waals surface area contributed by atoms with Crippen LogP contribution in [0.4, 0.5) is 11.4 Å². The van der Waals surface area contributed by atoms with Crippen LogP contribution in [-0.4, -0.2) is 54.9 Å². The summed E-state index contributed by atoms with van der Waals surface area (Å²) in [7, 11) is 5.39. The first-order valence-electron chi connectivity index (χ1n) is 5.77. The molecule has 0 spiro atoms. The van der Waals surface area contributed by atoms with Gasteiger partial charge in [0.05, 0.1) is 4.92 Å². The lowest BCUT2D eigenvalue weighted by atomic mass is 10.1. The predicted molar refractivity (Wildman–Crippen MR) is 73.0 cm³/mol. The maximum Gasteiger partial charge on any atom is 0.304 e. The highest BCUT2D eigenvalue weighted by atomic mass is 16.6. The van der Waals surface area contributed by atoms with Crippen molar-refractivity contribution in [2.75, 3.05) is 40.0 Å². The summed E-state index contributed by atoms with van der Waals surface area (Å²) in [5.74, 6) is -0.402. The van der Waals surface area contributed by atoms with E-state index in [1.54, 1.807) is 7.05 Å². The Morgan fingerprint density at radius 3 is 2.47 bits per heavy atom. The number of nitrogens with zero attached hydrogens (tertiary/aromatic N) is 3. The summed E-state index contributed by atoms with van der Waals surface area (Å²) < 4.78 is 0. The number of rotatable bonds is 5. The molecule has 0 aliphatic heterocycles. The van der Waals surface area contributed by atoms with E-state index in [1.165, 1.54) is 23.1 Å². The fourth-order valence-electron chi connectivity index (χ4n) is 1.59. The first-order chi connectivity index (χ1) is 8.84. The number of carbonyl (C=O) groups is 1. The third kappa shape index (κ3) is 3.65. The number of para-hydroxylation sites is 1. The molecule has 0 aromatic heterocycles. The largest absolute Gasteiger partial charge is 0.393 e. The second-order valence-corrected chi connectivity index (χ2v) is 4.53. The third-order valence-corrected chi connectivity index (χ3v) is 2.71. The van der Waals surface area contributed by atoms with Crippen molar-refractivity contribution in [2.45, 2.75) is 0 Å². The molecular weight excluding hydrogens is 248 g/mol. The first-order valence-corrected chi connectivity index (χ1v) is 5.77. The topological polar surface area (TPSA) is 92.7 Å². The Labute approximate surface area is 111 Å². The van der Waals surface area contributed by atoms with E-state index < -0.39 is 10.8 Å². The Morgan fingerprint density at radius 1 is 1.32 bits per heavy atom. The molecule has 2 N–H and O–H groups in total. The average molecular weight is 266 g/mol. The van der Waals surface area contributed by atoms with Gasteiger partial charge in [0.25, 0.3) is 5.91 Å². The quantitative estimate of drug-likeness (QED) is 0.483. The molecule has 0 bridgehead atoms. The minimum atomic E-state index is -0.623. The molecule has 1 aromatic carbocycles. The molecule has 0 saturated heterocycles. The van der Waals surface area contributed by atoms with Crippen LogP contribution in [0.15, 0.2) is 18.2 Å². The number of benzene rings is 1. The van der Waals surface area contributed by atoms with Gasteiger partial charge in [-0.15, -0.1) is 0 Å². The number of nitrogen functional groups attached to an aromatic ring is 1. The maximum atomic E-state index is 12.2. The van der Waals surface area contributed by atoms with Crippen LogP contribution in [0, 0.1) is 10.1 Å². The number of likely N-dealkylation sites (N-methyl/N-ethyl adjacent to an activating group) is 2. The van der Waals surface area contributed by atoms with E-state index in [4.69, 9.17) is 5.73 Å². The minimum Gasteiger partial charge on any atom is -0.393 e. The zero-order valence-electron chi connectivity index (χ0n) is 11.3. The van der Waals surface area contributed by atoms with Gasteiger partial charge >= 0.3 is 5.69 Å². The molecule has 104 valence electrons. The van der Waals surface area contributed by atoms with Crippen molar-refractivity contribution < 1.29 is 9.72 Å². The van der Waals surface area contributed by atoms with Crippen molar-refractivity contribution in [1.82, 2.24) is 9.80 Å². The van der Waals surface area contributed by atoms with Gasteiger partial charge < -0.3 is 15.5 Å². The second kappa shape index (κ2) is 6.14. The van der Waals surface area contributed by atoms with E-state index in [2.05, 4.69) is 0 Å². The lowest BCUT2D eigenvalue weighted by Crippen LogP contribution is -2.33. The van der Waals surface area contributed by atoms with Gasteiger partial charge in [-0.2, -0.15) is 0 Å². The van der Waals surface area contributed by atoms with Crippen LogP contribution >= 0.6 is 0 Å². The van der Waals surface area contributed by atoms with Gasteiger partial charge in [-0.25, -0.2) is 0 Å². The third-order valence-electron chi connectivity index (χ3n) is 2.71. The summed E-state index contributed by atoms with van der Waals surface area (Å²) >= 11 is 0. The first kappa shape index (κ1) is 14.9. The lowest BCUT2D eigenvalue weighted by molar-refractivity contribution is -0.384. The monoisotopic (exact) mass is 266 g/mol. The Bertz CT molecular complexity index is 488. The average Bonchev–Trinajstić information content (AvgIpc) is 2.34. The minimum absolute atomic E-state index is 0.00291. The fourth-order valence-corrected chi connectivity index (χ4v) is 1.59. The SMILES string of the molecule is CN(C)CCN(C)C(=O)c1cccc(N)c1[N+](=O)[O-]. The Balaban J connectivity index is 2.99. The van der Waals surface area contributed by atoms with Gasteiger partial charge in [-0.05, 0) is 26.2 Å². The number of amides is 1. The zero-order valence-corrected chi connectivity index (χ0v) is 11.3. The molecule has 0 atom stereocenters. The number of nitro benzene ring substituents is 1. The second-order valence-electron chi connectivity index (χ2n) is 4.53. The number of carbonyl (C=O) groups excluding carboxylic acids is 1. The van der Waals surface area contributed by atoms with Gasteiger partial charge in [0, 0.05) is 20.1 Å². The highest BCUT2D eigenvalue weighted by Gasteiger charge is 2.25. The Kier molecular flexibility index (Phi) is 4.82. The van der Waals surface area contributed by atoms with E-state index >= 15 is 0 Å². The zero-order chi connectivity index (χ0) is 14.6. The molecule has 0 aliphatic carbocycles. The molecule has 0 saturated carbocycles. The number of hydrogen-bond donors (Lipinski definition) is 1. The van der Waals surface area contributed by atoms with Crippen molar-refractivity contribution in [1.29, 1.82) is 0 Å². The summed E-state index contributed by atoms with van der Waals surface area (Å²) in [5.41, 5.74) is 5.25. The summed E-state index contributed by atoms with van der Waals surface area (Å²) in [6.07, 6.45) is 0. The molecule has 1 rings (SSSR count). The number of nitro groups is 1. The predicted octanol–water partition coefficient (Wildman–Crippen LogP) is 0.811. The van der Waals surface area contributed by atoms with E-state index in [9.17, 15) is 14.9 Å². The molecule has 0 aliphatic rings. The lowest BCUT2D eigenvalue weighted by Gasteiger charge is -2.19. The molecule has 7 nitrogen and oxygen atoms in total. The molecule has 19 heavy (non-hydrogen) atoms. The fraction of sp³-hybridized carbons (Fsp3) is 0.417. The van der Waals surface area contributed by atoms with Crippen LogP contribution in [0.3, 0.4) is 0 Å². The summed E-state index contributed by atoms with van der Waals surface area (Å²) in [6, 6.07) is 4.37. The smallest absolute Gasteiger partial charge is 0.304 e. The van der Waals surface area contributed by atoms with Crippen molar-refractivity contribution in [3.63, 3.8) is 0 Å². The van der Waals surface area contributed by atoms with Crippen molar-refractivity contribution in [3.05, 3.63) is 33.9 Å². The molecule has 0 heterocycles. The van der Waals surface area contributed by atoms with Gasteiger partial charge in [0.2, 0.25) is 0 Å². The number of anilines is 1. The standard InChI is InChI=1S/C12H18N4O3/c1-14(2)7-8-15(3)12(17)9-5-4-6-10(13)11(9)16(18)19/h4-6H,7-8,13H2,1-3H3. The van der Waals surface area contributed by atoms with Gasteiger partial charge in [0.1, 0.15) is 11.3 Å². The van der Waals surface area contributed by atoms with Crippen LogP contribution in [-0.2, 0) is 0 Å². The maximum absolute atomic E-state index is 12.2. The molecule has 7 heteroatoms. The van der Waals surface area contributed by atoms with Gasteiger partial charge in [0.15, 0.2) is 0 Å². The molecule has 1 amide bonds. The normalized spacial score (nSPS) is 10.5. The van der Waals surface area contributed by atoms with Crippen LogP contribution in [0.2, 0.25) is 0 Å². The highest BCUT2D eigenvalue weighted by Crippen LogP contribution is 2.26. The van der Waals surface area contributed by atoms with Crippen LogP contribution in [0.1, 0.15) is 10.4 Å². The molecule has 1 aromatic rings. The van der Waals surface area contributed by atoms with E-state index in [0.717, 1.165) is 0 Å². The van der Waals surface area contributed by atoms with Crippen LogP contribution in [0.5, 0.6) is 0 Å². The summed E-state index contributed by atoms with van der Waals surface area (Å²) in [5, 5.41) is 11.0. The van der Waals surface area contributed by atoms with Crippen LogP contribution < -0.4 is 5.73 Å². The summed E-state index contributed by atoms with van der Waals surface area (Å²) in [6.45, 7) is 1.16. The van der Waals surface area contributed by atoms with Crippen molar-refractivity contribution in [3.8, 4) is 0 Å². The Morgan fingerprint density at radius 2 is 1.95 bits per heavy atom. The van der Waals surface area contributed by atoms with Gasteiger partial charge in [-0.3, -0.25) is 14.9 Å². The van der Waals surface area contributed by atoms with Gasteiger partial charge in [-0.1, -0.05) is 6.07 Å². The van der Waals surface area contributed by atoms with E-state index in [1.807, 2.05) is 19.0 Å². The van der Waals surface area contributed by atoms with Crippen LogP contribution in [0.25, 0.3) is 0 Å². The number of nitrogens with two attached hydrogens (primary N) is 1. The highest BCUT2D eigenvalue weighted by molar-refractivity contribution is 6.00. The van der Waals surface area contributed by atoms with Crippen molar-refractivity contribution in [2.24, 2.45) is 0 Å². The summed E-state index contributed by atoms with van der Waals surface area (Å²) in [4.78, 5) is 25.9. The molecule has 0 unspecified atom stereocenters.